The van der Waals surface area contributed by atoms with Crippen LogP contribution in [-0.4, -0.2) is 47.9 Å². The summed E-state index contributed by atoms with van der Waals surface area (Å²) >= 11 is 6.08. The monoisotopic (exact) mass is 307 g/mol. The highest BCUT2D eigenvalue weighted by atomic mass is 35.5. The fraction of sp³-hybridized carbons (Fsp3) is 0.562. The summed E-state index contributed by atoms with van der Waals surface area (Å²) in [6, 6.07) is 7.96. The quantitative estimate of drug-likeness (QED) is 0.927. The second-order valence-corrected chi connectivity index (χ2v) is 6.43. The third kappa shape index (κ3) is 3.23. The van der Waals surface area contributed by atoms with Crippen molar-refractivity contribution in [2.45, 2.75) is 32.0 Å². The Morgan fingerprint density at radius 2 is 2.14 bits per heavy atom. The number of nitrogens with one attached hydrogen (secondary N) is 1. The summed E-state index contributed by atoms with van der Waals surface area (Å²) in [6.45, 7) is 5.80. The van der Waals surface area contributed by atoms with Gasteiger partial charge in [-0.1, -0.05) is 23.7 Å². The molecule has 2 heterocycles. The molecular weight excluding hydrogens is 286 g/mol. The Hall–Kier alpha value is -1.10. The number of carbonyl (C=O) groups excluding carboxylic acids is 1. The van der Waals surface area contributed by atoms with Crippen LogP contribution in [0.25, 0.3) is 0 Å². The summed E-state index contributed by atoms with van der Waals surface area (Å²) in [7, 11) is 0. The molecule has 0 radical (unpaired) electrons. The highest BCUT2D eigenvalue weighted by molar-refractivity contribution is 6.30. The fourth-order valence-electron chi connectivity index (χ4n) is 3.40. The molecule has 0 saturated carbocycles. The largest absolute Gasteiger partial charge is 0.318 e. The molecule has 5 heteroatoms. The molecule has 2 atom stereocenters. The molecule has 4 nitrogen and oxygen atoms in total. The van der Waals surface area contributed by atoms with Crippen molar-refractivity contribution in [1.29, 1.82) is 0 Å². The van der Waals surface area contributed by atoms with Gasteiger partial charge >= 0.3 is 0 Å². The lowest BCUT2D eigenvalue weighted by atomic mass is 10.1. The van der Waals surface area contributed by atoms with Gasteiger partial charge in [-0.05, 0) is 50.6 Å². The standard InChI is InChI=1S/C16H22ClN3O/c1-12(11-19-7-2-3-8-19)20-15(21)10-18-16(20)13-5-4-6-14(17)9-13/h4-6,9,12,16,18H,2-3,7-8,10-11H2,1H3. The van der Waals surface area contributed by atoms with Crippen LogP contribution in [-0.2, 0) is 4.79 Å². The van der Waals surface area contributed by atoms with Crippen molar-refractivity contribution in [3.63, 3.8) is 0 Å². The molecule has 0 aliphatic carbocycles. The topological polar surface area (TPSA) is 35.6 Å². The van der Waals surface area contributed by atoms with E-state index in [1.54, 1.807) is 0 Å². The number of likely N-dealkylation sites (tertiary alicyclic amines) is 1. The number of benzene rings is 1. The molecule has 1 amide bonds. The van der Waals surface area contributed by atoms with Gasteiger partial charge in [0, 0.05) is 17.6 Å². The molecule has 1 aromatic carbocycles. The molecule has 2 fully saturated rings. The zero-order valence-corrected chi connectivity index (χ0v) is 13.1. The van der Waals surface area contributed by atoms with E-state index in [-0.39, 0.29) is 18.1 Å². The van der Waals surface area contributed by atoms with Crippen molar-refractivity contribution in [2.24, 2.45) is 0 Å². The number of carbonyl (C=O) groups is 1. The van der Waals surface area contributed by atoms with Gasteiger partial charge in [0.25, 0.3) is 0 Å². The highest BCUT2D eigenvalue weighted by Gasteiger charge is 2.35. The van der Waals surface area contributed by atoms with Gasteiger partial charge in [-0.3, -0.25) is 10.1 Å². The Labute approximate surface area is 131 Å². The van der Waals surface area contributed by atoms with Crippen molar-refractivity contribution in [3.8, 4) is 0 Å². The molecule has 1 N–H and O–H groups in total. The number of nitrogens with zero attached hydrogens (tertiary/aromatic N) is 2. The van der Waals surface area contributed by atoms with Gasteiger partial charge in [-0.2, -0.15) is 0 Å². The van der Waals surface area contributed by atoms with Gasteiger partial charge in [0.1, 0.15) is 6.17 Å². The SMILES string of the molecule is CC(CN1CCCC1)N1C(=O)CNC1c1cccc(Cl)c1. The summed E-state index contributed by atoms with van der Waals surface area (Å²) in [5.41, 5.74) is 1.06. The number of rotatable bonds is 4. The normalized spacial score (nSPS) is 24.8. The van der Waals surface area contributed by atoms with Gasteiger partial charge in [0.15, 0.2) is 0 Å². The predicted octanol–water partition coefficient (Wildman–Crippen LogP) is 2.25. The average Bonchev–Trinajstić information content (AvgIpc) is 3.08. The summed E-state index contributed by atoms with van der Waals surface area (Å²) in [4.78, 5) is 16.7. The van der Waals surface area contributed by atoms with Gasteiger partial charge in [0.2, 0.25) is 5.91 Å². The van der Waals surface area contributed by atoms with Crippen LogP contribution in [0.5, 0.6) is 0 Å². The van der Waals surface area contributed by atoms with Crippen molar-refractivity contribution < 1.29 is 4.79 Å². The molecular formula is C16H22ClN3O. The van der Waals surface area contributed by atoms with Gasteiger partial charge in [-0.15, -0.1) is 0 Å². The third-order valence-electron chi connectivity index (χ3n) is 4.37. The molecule has 3 rings (SSSR count). The predicted molar refractivity (Wildman–Crippen MR) is 84.2 cm³/mol. The zero-order chi connectivity index (χ0) is 14.8. The molecule has 2 saturated heterocycles. The summed E-state index contributed by atoms with van der Waals surface area (Å²) in [6.07, 6.45) is 2.49. The van der Waals surface area contributed by atoms with E-state index in [1.165, 1.54) is 12.8 Å². The summed E-state index contributed by atoms with van der Waals surface area (Å²) in [5, 5.41) is 4.01. The fourth-order valence-corrected chi connectivity index (χ4v) is 3.60. The third-order valence-corrected chi connectivity index (χ3v) is 4.61. The Morgan fingerprint density at radius 1 is 1.38 bits per heavy atom. The minimum atomic E-state index is -0.0613. The lowest BCUT2D eigenvalue weighted by Crippen LogP contribution is -2.44. The second kappa shape index (κ2) is 6.34. The van der Waals surface area contributed by atoms with E-state index in [0.29, 0.717) is 11.6 Å². The van der Waals surface area contributed by atoms with E-state index in [4.69, 9.17) is 11.6 Å². The average molecular weight is 308 g/mol. The van der Waals surface area contributed by atoms with Crippen molar-refractivity contribution >= 4 is 17.5 Å². The molecule has 0 aromatic heterocycles. The molecule has 21 heavy (non-hydrogen) atoms. The van der Waals surface area contributed by atoms with Crippen LogP contribution in [0.3, 0.4) is 0 Å². The Balaban J connectivity index is 1.75. The Kier molecular flexibility index (Phi) is 4.48. The van der Waals surface area contributed by atoms with E-state index in [9.17, 15) is 4.79 Å². The van der Waals surface area contributed by atoms with Crippen LogP contribution in [0.2, 0.25) is 5.02 Å². The van der Waals surface area contributed by atoms with Gasteiger partial charge in [-0.25, -0.2) is 0 Å². The van der Waals surface area contributed by atoms with Crippen LogP contribution in [0.4, 0.5) is 0 Å². The van der Waals surface area contributed by atoms with E-state index in [2.05, 4.69) is 17.1 Å². The maximum atomic E-state index is 12.3. The van der Waals surface area contributed by atoms with E-state index in [0.717, 1.165) is 25.2 Å². The van der Waals surface area contributed by atoms with Gasteiger partial charge < -0.3 is 9.80 Å². The molecule has 1 aromatic rings. The number of hydrogen-bond acceptors (Lipinski definition) is 3. The van der Waals surface area contributed by atoms with E-state index in [1.807, 2.05) is 29.2 Å². The first-order valence-electron chi connectivity index (χ1n) is 7.67. The van der Waals surface area contributed by atoms with Crippen molar-refractivity contribution in [3.05, 3.63) is 34.9 Å². The number of amides is 1. The molecule has 2 unspecified atom stereocenters. The van der Waals surface area contributed by atoms with Crippen LogP contribution >= 0.6 is 11.6 Å². The molecule has 0 spiro atoms. The first kappa shape index (κ1) is 14.8. The van der Waals surface area contributed by atoms with Crippen molar-refractivity contribution in [2.75, 3.05) is 26.2 Å². The smallest absolute Gasteiger partial charge is 0.238 e. The minimum absolute atomic E-state index is 0.0613. The number of hydrogen-bond donors (Lipinski definition) is 1. The second-order valence-electron chi connectivity index (χ2n) is 6.00. The summed E-state index contributed by atoms with van der Waals surface area (Å²) in [5.74, 6) is 0.173. The first-order valence-corrected chi connectivity index (χ1v) is 8.05. The molecule has 114 valence electrons. The van der Waals surface area contributed by atoms with Gasteiger partial charge in [0.05, 0.1) is 6.54 Å². The van der Waals surface area contributed by atoms with Crippen LogP contribution in [0.1, 0.15) is 31.5 Å². The number of halogens is 1. The van der Waals surface area contributed by atoms with Crippen molar-refractivity contribution in [1.82, 2.24) is 15.1 Å². The first-order chi connectivity index (χ1) is 10.1. The maximum Gasteiger partial charge on any atom is 0.238 e. The minimum Gasteiger partial charge on any atom is -0.318 e. The van der Waals surface area contributed by atoms with Crippen LogP contribution in [0.15, 0.2) is 24.3 Å². The highest BCUT2D eigenvalue weighted by Crippen LogP contribution is 2.27. The molecule has 2 aliphatic rings. The van der Waals surface area contributed by atoms with Crippen LogP contribution in [0, 0.1) is 0 Å². The van der Waals surface area contributed by atoms with E-state index >= 15 is 0 Å². The van der Waals surface area contributed by atoms with Crippen LogP contribution < -0.4 is 5.32 Å². The van der Waals surface area contributed by atoms with E-state index < -0.39 is 0 Å². The Bertz CT molecular complexity index is 516. The zero-order valence-electron chi connectivity index (χ0n) is 12.4. The Morgan fingerprint density at radius 3 is 2.86 bits per heavy atom. The maximum absolute atomic E-state index is 12.3. The molecule has 0 bridgehead atoms. The lowest BCUT2D eigenvalue weighted by Gasteiger charge is -2.33. The summed E-state index contributed by atoms with van der Waals surface area (Å²) < 4.78 is 0. The lowest BCUT2D eigenvalue weighted by molar-refractivity contribution is -0.130. The molecule has 2 aliphatic heterocycles.